The summed E-state index contributed by atoms with van der Waals surface area (Å²) in [5.41, 5.74) is 7.28. The first-order valence-corrected chi connectivity index (χ1v) is 8.20. The predicted molar refractivity (Wildman–Crippen MR) is 86.1 cm³/mol. The molecule has 2 N–H and O–H groups in total. The summed E-state index contributed by atoms with van der Waals surface area (Å²) in [7, 11) is -3.86. The largest absolute Gasteiger partial charge is 0.368 e. The second kappa shape index (κ2) is 6.19. The highest BCUT2D eigenvalue weighted by Crippen LogP contribution is 2.29. The summed E-state index contributed by atoms with van der Waals surface area (Å²) in [6.07, 6.45) is 0. The minimum atomic E-state index is -3.86. The van der Waals surface area contributed by atoms with Crippen molar-refractivity contribution in [2.75, 3.05) is 10.8 Å². The van der Waals surface area contributed by atoms with Crippen LogP contribution in [0.4, 0.5) is 5.69 Å². The Hall–Kier alpha value is -2.34. The third kappa shape index (κ3) is 3.12. The zero-order valence-electron chi connectivity index (χ0n) is 12.5. The molecule has 0 heterocycles. The van der Waals surface area contributed by atoms with Crippen LogP contribution in [0.5, 0.6) is 0 Å². The first kappa shape index (κ1) is 16.0. The Bertz CT molecular complexity index is 766. The first-order chi connectivity index (χ1) is 10.3. The molecule has 1 amide bonds. The molecule has 0 saturated carbocycles. The van der Waals surface area contributed by atoms with Gasteiger partial charge >= 0.3 is 0 Å². The number of primary amides is 1. The molecule has 2 rings (SSSR count). The van der Waals surface area contributed by atoms with E-state index in [1.807, 2.05) is 6.07 Å². The smallest absolute Gasteiger partial charge is 0.264 e. The van der Waals surface area contributed by atoms with Crippen LogP contribution in [-0.2, 0) is 14.8 Å². The lowest BCUT2D eigenvalue weighted by atomic mass is 10.1. The third-order valence-corrected chi connectivity index (χ3v) is 5.08. The second-order valence-electron chi connectivity index (χ2n) is 5.03. The van der Waals surface area contributed by atoms with Gasteiger partial charge in [-0.2, -0.15) is 0 Å². The number of nitrogens with zero attached hydrogens (tertiary/aromatic N) is 1. The number of hydrogen-bond donors (Lipinski definition) is 1. The molecule has 0 unspecified atom stereocenters. The molecule has 0 radical (unpaired) electrons. The van der Waals surface area contributed by atoms with Gasteiger partial charge in [-0.15, -0.1) is 0 Å². The molecule has 22 heavy (non-hydrogen) atoms. The van der Waals surface area contributed by atoms with Gasteiger partial charge in [-0.1, -0.05) is 36.4 Å². The topological polar surface area (TPSA) is 80.5 Å². The normalized spacial score (nSPS) is 11.2. The number of aryl methyl sites for hydroxylation is 2. The maximum Gasteiger partial charge on any atom is 0.264 e. The Morgan fingerprint density at radius 2 is 1.55 bits per heavy atom. The van der Waals surface area contributed by atoms with Crippen molar-refractivity contribution in [3.63, 3.8) is 0 Å². The molecule has 0 atom stereocenters. The van der Waals surface area contributed by atoms with Crippen molar-refractivity contribution < 1.29 is 13.2 Å². The average Bonchev–Trinajstić information content (AvgIpc) is 2.46. The third-order valence-electron chi connectivity index (χ3n) is 3.32. The Kier molecular flexibility index (Phi) is 4.51. The van der Waals surface area contributed by atoms with Crippen molar-refractivity contribution in [3.05, 3.63) is 59.7 Å². The van der Waals surface area contributed by atoms with Crippen LogP contribution in [0.1, 0.15) is 11.1 Å². The quantitative estimate of drug-likeness (QED) is 0.915. The summed E-state index contributed by atoms with van der Waals surface area (Å²) in [6.45, 7) is 3.20. The van der Waals surface area contributed by atoms with Gasteiger partial charge in [0.15, 0.2) is 0 Å². The standard InChI is InChI=1S/C16H18N2O3S/c1-12-7-6-8-13(2)16(12)18(11-15(17)19)22(20,21)14-9-4-3-5-10-14/h3-10H,11H2,1-2H3,(H2,17,19). The maximum atomic E-state index is 12.9. The molecule has 0 spiro atoms. The van der Waals surface area contributed by atoms with Gasteiger partial charge in [0.1, 0.15) is 6.54 Å². The van der Waals surface area contributed by atoms with Crippen LogP contribution in [0.25, 0.3) is 0 Å². The number of rotatable bonds is 5. The van der Waals surface area contributed by atoms with E-state index in [-0.39, 0.29) is 4.90 Å². The maximum absolute atomic E-state index is 12.9. The molecule has 0 aliphatic heterocycles. The molecule has 6 heteroatoms. The Balaban J connectivity index is 2.64. The van der Waals surface area contributed by atoms with E-state index >= 15 is 0 Å². The molecule has 0 aliphatic carbocycles. The fraction of sp³-hybridized carbons (Fsp3) is 0.188. The molecule has 0 aliphatic rings. The Morgan fingerprint density at radius 1 is 1.00 bits per heavy atom. The highest BCUT2D eigenvalue weighted by Gasteiger charge is 2.28. The number of benzene rings is 2. The lowest BCUT2D eigenvalue weighted by Crippen LogP contribution is -2.39. The van der Waals surface area contributed by atoms with Crippen molar-refractivity contribution in [1.29, 1.82) is 0 Å². The number of carbonyl (C=O) groups excluding carboxylic acids is 1. The predicted octanol–water partition coefficient (Wildman–Crippen LogP) is 1.98. The van der Waals surface area contributed by atoms with E-state index < -0.39 is 22.5 Å². The Labute approximate surface area is 130 Å². The summed E-state index contributed by atoms with van der Waals surface area (Å²) >= 11 is 0. The fourth-order valence-corrected chi connectivity index (χ4v) is 3.93. The molecular weight excluding hydrogens is 300 g/mol. The molecular formula is C16H18N2O3S. The van der Waals surface area contributed by atoms with Gasteiger partial charge in [0.05, 0.1) is 10.6 Å². The summed E-state index contributed by atoms with van der Waals surface area (Å²) < 4.78 is 26.9. The number of carbonyl (C=O) groups is 1. The van der Waals surface area contributed by atoms with E-state index in [2.05, 4.69) is 0 Å². The molecule has 0 aromatic heterocycles. The van der Waals surface area contributed by atoms with E-state index in [1.54, 1.807) is 44.2 Å². The van der Waals surface area contributed by atoms with Crippen LogP contribution >= 0.6 is 0 Å². The van der Waals surface area contributed by atoms with Gasteiger partial charge in [-0.05, 0) is 37.1 Å². The highest BCUT2D eigenvalue weighted by atomic mass is 32.2. The summed E-state index contributed by atoms with van der Waals surface area (Å²) in [6, 6.07) is 13.4. The molecule has 2 aromatic carbocycles. The number of nitrogens with two attached hydrogens (primary N) is 1. The molecule has 5 nitrogen and oxygen atoms in total. The van der Waals surface area contributed by atoms with E-state index in [1.165, 1.54) is 12.1 Å². The van der Waals surface area contributed by atoms with Gasteiger partial charge < -0.3 is 5.73 Å². The summed E-state index contributed by atoms with van der Waals surface area (Å²) in [5, 5.41) is 0. The van der Waals surface area contributed by atoms with E-state index in [0.717, 1.165) is 15.4 Å². The zero-order valence-corrected chi connectivity index (χ0v) is 13.3. The number of hydrogen-bond acceptors (Lipinski definition) is 3. The Morgan fingerprint density at radius 3 is 2.05 bits per heavy atom. The van der Waals surface area contributed by atoms with Gasteiger partial charge in [-0.25, -0.2) is 8.42 Å². The average molecular weight is 318 g/mol. The highest BCUT2D eigenvalue weighted by molar-refractivity contribution is 7.92. The van der Waals surface area contributed by atoms with Crippen LogP contribution in [-0.4, -0.2) is 20.9 Å². The lowest BCUT2D eigenvalue weighted by molar-refractivity contribution is -0.116. The van der Waals surface area contributed by atoms with Gasteiger partial charge in [0.25, 0.3) is 10.0 Å². The fourth-order valence-electron chi connectivity index (χ4n) is 2.34. The van der Waals surface area contributed by atoms with Crippen molar-refractivity contribution >= 4 is 21.6 Å². The van der Waals surface area contributed by atoms with Gasteiger partial charge in [-0.3, -0.25) is 9.10 Å². The first-order valence-electron chi connectivity index (χ1n) is 6.76. The minimum Gasteiger partial charge on any atom is -0.368 e. The number of para-hydroxylation sites is 1. The van der Waals surface area contributed by atoms with E-state index in [0.29, 0.717) is 5.69 Å². The van der Waals surface area contributed by atoms with E-state index in [4.69, 9.17) is 5.73 Å². The van der Waals surface area contributed by atoms with Crippen LogP contribution in [0, 0.1) is 13.8 Å². The molecule has 2 aromatic rings. The van der Waals surface area contributed by atoms with E-state index in [9.17, 15) is 13.2 Å². The number of anilines is 1. The monoisotopic (exact) mass is 318 g/mol. The minimum absolute atomic E-state index is 0.124. The van der Waals surface area contributed by atoms with Crippen LogP contribution in [0.3, 0.4) is 0 Å². The number of amides is 1. The van der Waals surface area contributed by atoms with Crippen molar-refractivity contribution in [3.8, 4) is 0 Å². The molecule has 0 saturated heterocycles. The van der Waals surface area contributed by atoms with Crippen molar-refractivity contribution in [2.24, 2.45) is 5.73 Å². The van der Waals surface area contributed by atoms with Gasteiger partial charge in [0.2, 0.25) is 5.91 Å². The van der Waals surface area contributed by atoms with Gasteiger partial charge in [0, 0.05) is 0 Å². The van der Waals surface area contributed by atoms with Crippen LogP contribution < -0.4 is 10.0 Å². The lowest BCUT2D eigenvalue weighted by Gasteiger charge is -2.26. The van der Waals surface area contributed by atoms with Crippen LogP contribution in [0.15, 0.2) is 53.4 Å². The van der Waals surface area contributed by atoms with Crippen molar-refractivity contribution in [2.45, 2.75) is 18.7 Å². The molecule has 0 fully saturated rings. The summed E-state index contributed by atoms with van der Waals surface area (Å²) in [4.78, 5) is 11.5. The van der Waals surface area contributed by atoms with Crippen LogP contribution in [0.2, 0.25) is 0 Å². The molecule has 116 valence electrons. The zero-order chi connectivity index (χ0) is 16.3. The van der Waals surface area contributed by atoms with Crippen molar-refractivity contribution in [1.82, 2.24) is 0 Å². The number of sulfonamides is 1. The summed E-state index contributed by atoms with van der Waals surface area (Å²) in [5.74, 6) is -0.706. The second-order valence-corrected chi connectivity index (χ2v) is 6.89. The molecule has 0 bridgehead atoms. The SMILES string of the molecule is Cc1cccc(C)c1N(CC(N)=O)S(=O)(=O)c1ccccc1.